The number of ether oxygens (including phenoxy) is 2. The normalized spacial score (nSPS) is 11.2. The van der Waals surface area contributed by atoms with Gasteiger partial charge in [0.2, 0.25) is 0 Å². The van der Waals surface area contributed by atoms with Crippen molar-refractivity contribution in [3.8, 4) is 0 Å². The van der Waals surface area contributed by atoms with E-state index in [0.29, 0.717) is 6.61 Å². The van der Waals surface area contributed by atoms with Crippen molar-refractivity contribution in [3.05, 3.63) is 71.8 Å². The standard InChI is InChI=1S/C24H33NO3/c1-24(2,25-23(26)28-20-22-14-8-4-9-15-22)17-10-5-11-18-27-19-16-21-12-6-3-7-13-21/h3-4,6-9,12-15H,5,10-11,16-20H2,1-2H3,(H,25,26). The Morgan fingerprint density at radius 3 is 2.18 bits per heavy atom. The highest BCUT2D eigenvalue weighted by Crippen LogP contribution is 2.14. The molecule has 0 unspecified atom stereocenters. The Morgan fingerprint density at radius 1 is 0.857 bits per heavy atom. The fourth-order valence-electron chi connectivity index (χ4n) is 2.98. The Labute approximate surface area is 169 Å². The van der Waals surface area contributed by atoms with Crippen LogP contribution in [-0.2, 0) is 22.5 Å². The Morgan fingerprint density at radius 2 is 1.50 bits per heavy atom. The molecule has 0 saturated carbocycles. The van der Waals surface area contributed by atoms with Gasteiger partial charge >= 0.3 is 6.09 Å². The molecule has 0 aromatic heterocycles. The zero-order chi connectivity index (χ0) is 20.1. The minimum Gasteiger partial charge on any atom is -0.445 e. The largest absolute Gasteiger partial charge is 0.445 e. The highest BCUT2D eigenvalue weighted by atomic mass is 16.5. The lowest BCUT2D eigenvalue weighted by molar-refractivity contribution is 0.125. The number of hydrogen-bond acceptors (Lipinski definition) is 3. The molecule has 4 nitrogen and oxygen atoms in total. The predicted molar refractivity (Wildman–Crippen MR) is 113 cm³/mol. The molecule has 0 bridgehead atoms. The molecule has 2 aromatic carbocycles. The molecule has 2 aromatic rings. The van der Waals surface area contributed by atoms with Crippen molar-refractivity contribution in [3.63, 3.8) is 0 Å². The van der Waals surface area contributed by atoms with E-state index in [1.807, 2.05) is 50.2 Å². The average Bonchev–Trinajstić information content (AvgIpc) is 2.69. The Bertz CT molecular complexity index is 671. The number of benzene rings is 2. The molecule has 4 heteroatoms. The maximum absolute atomic E-state index is 12.0. The summed E-state index contributed by atoms with van der Waals surface area (Å²) in [5.74, 6) is 0. The van der Waals surface area contributed by atoms with Gasteiger partial charge in [-0.05, 0) is 44.2 Å². The number of nitrogens with one attached hydrogen (secondary N) is 1. The lowest BCUT2D eigenvalue weighted by Gasteiger charge is -2.25. The molecule has 1 amide bonds. The SMILES string of the molecule is CC(C)(CCCCCOCCc1ccccc1)NC(=O)OCc1ccccc1. The summed E-state index contributed by atoms with van der Waals surface area (Å²) in [6, 6.07) is 20.1. The van der Waals surface area contributed by atoms with Crippen LogP contribution in [0.2, 0.25) is 0 Å². The first-order chi connectivity index (χ1) is 13.6. The maximum Gasteiger partial charge on any atom is 0.407 e. The second-order valence-electron chi connectivity index (χ2n) is 7.73. The summed E-state index contributed by atoms with van der Waals surface area (Å²) in [4.78, 5) is 12.0. The molecule has 0 spiro atoms. The zero-order valence-corrected chi connectivity index (χ0v) is 17.2. The van der Waals surface area contributed by atoms with Gasteiger partial charge in [-0.1, -0.05) is 73.5 Å². The van der Waals surface area contributed by atoms with Crippen LogP contribution in [0.5, 0.6) is 0 Å². The number of hydrogen-bond donors (Lipinski definition) is 1. The van der Waals surface area contributed by atoms with Gasteiger partial charge in [0, 0.05) is 12.1 Å². The minimum absolute atomic E-state index is 0.276. The van der Waals surface area contributed by atoms with Crippen LogP contribution in [-0.4, -0.2) is 24.8 Å². The third kappa shape index (κ3) is 9.56. The summed E-state index contributed by atoms with van der Waals surface area (Å²) >= 11 is 0. The van der Waals surface area contributed by atoms with E-state index in [1.54, 1.807) is 0 Å². The number of carbonyl (C=O) groups is 1. The first-order valence-electron chi connectivity index (χ1n) is 10.2. The number of carbonyl (C=O) groups excluding carboxylic acids is 1. The smallest absolute Gasteiger partial charge is 0.407 e. The maximum atomic E-state index is 12.0. The third-order valence-corrected chi connectivity index (χ3v) is 4.62. The van der Waals surface area contributed by atoms with E-state index < -0.39 is 0 Å². The first-order valence-corrected chi connectivity index (χ1v) is 10.2. The second kappa shape index (κ2) is 12.2. The van der Waals surface area contributed by atoms with Crippen molar-refractivity contribution in [1.82, 2.24) is 5.32 Å². The lowest BCUT2D eigenvalue weighted by atomic mass is 9.97. The van der Waals surface area contributed by atoms with E-state index in [9.17, 15) is 4.79 Å². The van der Waals surface area contributed by atoms with Gasteiger partial charge in [-0.25, -0.2) is 4.79 Å². The summed E-state index contributed by atoms with van der Waals surface area (Å²) in [6.45, 7) is 5.92. The lowest BCUT2D eigenvalue weighted by Crippen LogP contribution is -2.43. The van der Waals surface area contributed by atoms with Gasteiger partial charge in [0.05, 0.1) is 6.61 Å². The van der Waals surface area contributed by atoms with E-state index >= 15 is 0 Å². The first kappa shape index (κ1) is 22.0. The monoisotopic (exact) mass is 383 g/mol. The van der Waals surface area contributed by atoms with Crippen LogP contribution in [0.3, 0.4) is 0 Å². The number of unbranched alkanes of at least 4 members (excludes halogenated alkanes) is 2. The van der Waals surface area contributed by atoms with Crippen molar-refractivity contribution in [2.45, 2.75) is 58.1 Å². The van der Waals surface area contributed by atoms with Gasteiger partial charge in [-0.2, -0.15) is 0 Å². The summed E-state index contributed by atoms with van der Waals surface area (Å²) < 4.78 is 11.0. The molecule has 0 aliphatic carbocycles. The molecule has 0 atom stereocenters. The quantitative estimate of drug-likeness (QED) is 0.492. The fourth-order valence-corrected chi connectivity index (χ4v) is 2.98. The highest BCUT2D eigenvalue weighted by molar-refractivity contribution is 5.68. The molecular formula is C24H33NO3. The number of amides is 1. The molecule has 152 valence electrons. The van der Waals surface area contributed by atoms with Crippen molar-refractivity contribution < 1.29 is 14.3 Å². The summed E-state index contributed by atoms with van der Waals surface area (Å²) in [5, 5.41) is 2.96. The van der Waals surface area contributed by atoms with Crippen LogP contribution in [0, 0.1) is 0 Å². The molecule has 28 heavy (non-hydrogen) atoms. The summed E-state index contributed by atoms with van der Waals surface area (Å²) in [7, 11) is 0. The predicted octanol–water partition coefficient (Wildman–Crippen LogP) is 5.51. The van der Waals surface area contributed by atoms with Crippen molar-refractivity contribution >= 4 is 6.09 Å². The Hall–Kier alpha value is -2.33. The molecule has 2 rings (SSSR count). The third-order valence-electron chi connectivity index (χ3n) is 4.62. The number of alkyl carbamates (subject to hydrolysis) is 1. The van der Waals surface area contributed by atoms with E-state index in [1.165, 1.54) is 5.56 Å². The zero-order valence-electron chi connectivity index (χ0n) is 17.2. The van der Waals surface area contributed by atoms with Gasteiger partial charge < -0.3 is 14.8 Å². The molecule has 0 saturated heterocycles. The van der Waals surface area contributed by atoms with Crippen molar-refractivity contribution in [2.24, 2.45) is 0 Å². The van der Waals surface area contributed by atoms with Gasteiger partial charge in [-0.15, -0.1) is 0 Å². The van der Waals surface area contributed by atoms with Crippen LogP contribution in [0.4, 0.5) is 4.79 Å². The molecule has 1 N–H and O–H groups in total. The molecule has 0 heterocycles. The van der Waals surface area contributed by atoms with Crippen LogP contribution in [0.25, 0.3) is 0 Å². The summed E-state index contributed by atoms with van der Waals surface area (Å²) in [6.07, 6.45) is 4.70. The van der Waals surface area contributed by atoms with E-state index in [0.717, 1.165) is 50.9 Å². The van der Waals surface area contributed by atoms with Gasteiger partial charge in [0.25, 0.3) is 0 Å². The highest BCUT2D eigenvalue weighted by Gasteiger charge is 2.20. The van der Waals surface area contributed by atoms with Crippen LogP contribution in [0.15, 0.2) is 60.7 Å². The Balaban J connectivity index is 1.49. The molecular weight excluding hydrogens is 350 g/mol. The molecule has 0 aliphatic heterocycles. The molecule has 0 aliphatic rings. The van der Waals surface area contributed by atoms with E-state index in [2.05, 4.69) is 29.6 Å². The Kier molecular flexibility index (Phi) is 9.56. The summed E-state index contributed by atoms with van der Waals surface area (Å²) in [5.41, 5.74) is 2.03. The van der Waals surface area contributed by atoms with Gasteiger partial charge in [0.15, 0.2) is 0 Å². The van der Waals surface area contributed by atoms with E-state index in [4.69, 9.17) is 9.47 Å². The number of rotatable bonds is 12. The topological polar surface area (TPSA) is 47.6 Å². The fraction of sp³-hybridized carbons (Fsp3) is 0.458. The van der Waals surface area contributed by atoms with Gasteiger partial charge in [0.1, 0.15) is 6.61 Å². The average molecular weight is 384 g/mol. The molecule has 0 fully saturated rings. The van der Waals surface area contributed by atoms with Gasteiger partial charge in [-0.3, -0.25) is 0 Å². The minimum atomic E-state index is -0.363. The van der Waals surface area contributed by atoms with Crippen LogP contribution < -0.4 is 5.32 Å². The van der Waals surface area contributed by atoms with Crippen molar-refractivity contribution in [1.29, 1.82) is 0 Å². The molecule has 0 radical (unpaired) electrons. The second-order valence-corrected chi connectivity index (χ2v) is 7.73. The van der Waals surface area contributed by atoms with Crippen molar-refractivity contribution in [2.75, 3.05) is 13.2 Å². The van der Waals surface area contributed by atoms with E-state index in [-0.39, 0.29) is 11.6 Å². The van der Waals surface area contributed by atoms with Crippen LogP contribution >= 0.6 is 0 Å². The van der Waals surface area contributed by atoms with Crippen LogP contribution in [0.1, 0.15) is 50.7 Å².